The first-order chi connectivity index (χ1) is 9.10. The summed E-state index contributed by atoms with van der Waals surface area (Å²) in [5, 5.41) is 0. The monoisotopic (exact) mass is 266 g/mol. The summed E-state index contributed by atoms with van der Waals surface area (Å²) in [6, 6.07) is 4.54. The normalized spacial score (nSPS) is 17.4. The number of benzene rings is 1. The summed E-state index contributed by atoms with van der Waals surface area (Å²) in [6.45, 7) is 1.84. The number of hydrogen-bond donors (Lipinski definition) is 1. The van der Waals surface area contributed by atoms with Gasteiger partial charge < -0.3 is 10.5 Å². The molecule has 0 amide bonds. The number of rotatable bonds is 4. The lowest BCUT2D eigenvalue weighted by atomic mass is 10.0. The molecule has 1 aromatic carbocycles. The second-order valence-corrected chi connectivity index (χ2v) is 4.88. The quantitative estimate of drug-likeness (QED) is 0.838. The summed E-state index contributed by atoms with van der Waals surface area (Å²) in [6.07, 6.45) is 1.77. The zero-order chi connectivity index (χ0) is 13.8. The standard InChI is InChI=1S/C14H19FN2O2/c1-19-11-2-3-12(13(15)8-11)14(18)9-17-6-4-10(16)5-7-17/h2-3,8,10H,4-7,9,16H2,1H3. The summed E-state index contributed by atoms with van der Waals surface area (Å²) in [7, 11) is 1.47. The van der Waals surface area contributed by atoms with Gasteiger partial charge in [0.2, 0.25) is 0 Å². The first-order valence-corrected chi connectivity index (χ1v) is 6.45. The zero-order valence-corrected chi connectivity index (χ0v) is 11.1. The van der Waals surface area contributed by atoms with Gasteiger partial charge in [-0.05, 0) is 25.0 Å². The van der Waals surface area contributed by atoms with Crippen LogP contribution < -0.4 is 10.5 Å². The molecule has 0 aromatic heterocycles. The third kappa shape index (κ3) is 3.52. The van der Waals surface area contributed by atoms with E-state index in [-0.39, 0.29) is 23.9 Å². The van der Waals surface area contributed by atoms with Crippen LogP contribution in [0.1, 0.15) is 23.2 Å². The van der Waals surface area contributed by atoms with Crippen molar-refractivity contribution in [1.82, 2.24) is 4.90 Å². The molecule has 1 aliphatic rings. The molecule has 0 radical (unpaired) electrons. The molecule has 0 saturated carbocycles. The maximum atomic E-state index is 13.8. The zero-order valence-electron chi connectivity index (χ0n) is 11.1. The highest BCUT2D eigenvalue weighted by atomic mass is 19.1. The summed E-state index contributed by atoms with van der Waals surface area (Å²) < 4.78 is 18.7. The van der Waals surface area contributed by atoms with E-state index in [1.165, 1.54) is 19.2 Å². The molecule has 104 valence electrons. The van der Waals surface area contributed by atoms with Crippen molar-refractivity contribution in [3.05, 3.63) is 29.6 Å². The molecule has 2 N–H and O–H groups in total. The lowest BCUT2D eigenvalue weighted by molar-refractivity contribution is 0.0906. The predicted molar refractivity (Wildman–Crippen MR) is 70.9 cm³/mol. The van der Waals surface area contributed by atoms with Gasteiger partial charge in [-0.3, -0.25) is 9.69 Å². The number of carbonyl (C=O) groups is 1. The second-order valence-electron chi connectivity index (χ2n) is 4.88. The van der Waals surface area contributed by atoms with Gasteiger partial charge in [-0.25, -0.2) is 4.39 Å². The highest BCUT2D eigenvalue weighted by Crippen LogP contribution is 2.17. The molecule has 1 saturated heterocycles. The van der Waals surface area contributed by atoms with E-state index in [0.717, 1.165) is 25.9 Å². The van der Waals surface area contributed by atoms with Crippen LogP contribution in [0.15, 0.2) is 18.2 Å². The van der Waals surface area contributed by atoms with E-state index in [2.05, 4.69) is 0 Å². The molecule has 1 aromatic rings. The van der Waals surface area contributed by atoms with Crippen molar-refractivity contribution in [3.63, 3.8) is 0 Å². The number of halogens is 1. The van der Waals surface area contributed by atoms with E-state index in [4.69, 9.17) is 10.5 Å². The van der Waals surface area contributed by atoms with Crippen molar-refractivity contribution in [2.75, 3.05) is 26.7 Å². The lowest BCUT2D eigenvalue weighted by Crippen LogP contribution is -2.42. The predicted octanol–water partition coefficient (Wildman–Crippen LogP) is 1.44. The highest BCUT2D eigenvalue weighted by Gasteiger charge is 2.20. The minimum absolute atomic E-state index is 0.121. The van der Waals surface area contributed by atoms with Gasteiger partial charge in [-0.15, -0.1) is 0 Å². The topological polar surface area (TPSA) is 55.6 Å². The second kappa shape index (κ2) is 6.12. The fourth-order valence-electron chi connectivity index (χ4n) is 2.25. The van der Waals surface area contributed by atoms with Crippen LogP contribution in [0.3, 0.4) is 0 Å². The molecular formula is C14H19FN2O2. The van der Waals surface area contributed by atoms with Crippen molar-refractivity contribution in [2.24, 2.45) is 5.73 Å². The van der Waals surface area contributed by atoms with E-state index in [9.17, 15) is 9.18 Å². The van der Waals surface area contributed by atoms with Gasteiger partial charge in [0, 0.05) is 25.2 Å². The largest absolute Gasteiger partial charge is 0.497 e. The Kier molecular flexibility index (Phi) is 4.50. The fourth-order valence-corrected chi connectivity index (χ4v) is 2.25. The van der Waals surface area contributed by atoms with E-state index in [1.54, 1.807) is 6.07 Å². The number of likely N-dealkylation sites (tertiary alicyclic amines) is 1. The fraction of sp³-hybridized carbons (Fsp3) is 0.500. The van der Waals surface area contributed by atoms with Gasteiger partial charge in [0.1, 0.15) is 11.6 Å². The van der Waals surface area contributed by atoms with E-state index < -0.39 is 5.82 Å². The van der Waals surface area contributed by atoms with Crippen LogP contribution in [0.4, 0.5) is 4.39 Å². The Balaban J connectivity index is 2.00. The number of nitrogens with two attached hydrogens (primary N) is 1. The van der Waals surface area contributed by atoms with E-state index >= 15 is 0 Å². The summed E-state index contributed by atoms with van der Waals surface area (Å²) >= 11 is 0. The lowest BCUT2D eigenvalue weighted by Gasteiger charge is -2.29. The minimum Gasteiger partial charge on any atom is -0.497 e. The molecule has 19 heavy (non-hydrogen) atoms. The molecule has 1 heterocycles. The number of ketones is 1. The molecule has 2 rings (SSSR count). The smallest absolute Gasteiger partial charge is 0.179 e. The summed E-state index contributed by atoms with van der Waals surface area (Å²) in [4.78, 5) is 14.1. The van der Waals surface area contributed by atoms with Gasteiger partial charge in [0.05, 0.1) is 19.2 Å². The third-order valence-electron chi connectivity index (χ3n) is 3.48. The van der Waals surface area contributed by atoms with Crippen molar-refractivity contribution >= 4 is 5.78 Å². The Hall–Kier alpha value is -1.46. The summed E-state index contributed by atoms with van der Waals surface area (Å²) in [5.74, 6) is -0.313. The first-order valence-electron chi connectivity index (χ1n) is 6.45. The van der Waals surface area contributed by atoms with Crippen molar-refractivity contribution in [3.8, 4) is 5.75 Å². The maximum Gasteiger partial charge on any atom is 0.179 e. The van der Waals surface area contributed by atoms with Crippen LogP contribution in [0.5, 0.6) is 5.75 Å². The minimum atomic E-state index is -0.530. The Bertz CT molecular complexity index is 457. The maximum absolute atomic E-state index is 13.8. The van der Waals surface area contributed by atoms with Gasteiger partial charge in [0.25, 0.3) is 0 Å². The van der Waals surface area contributed by atoms with Gasteiger partial charge in [-0.1, -0.05) is 0 Å². The van der Waals surface area contributed by atoms with Crippen LogP contribution in [0.25, 0.3) is 0 Å². The van der Waals surface area contributed by atoms with Crippen LogP contribution >= 0.6 is 0 Å². The van der Waals surface area contributed by atoms with Crippen LogP contribution in [-0.2, 0) is 0 Å². The van der Waals surface area contributed by atoms with Crippen LogP contribution in [-0.4, -0.2) is 43.5 Å². The Labute approximate surface area is 112 Å². The molecule has 5 heteroatoms. The highest BCUT2D eigenvalue weighted by molar-refractivity contribution is 5.98. The SMILES string of the molecule is COc1ccc(C(=O)CN2CCC(N)CC2)c(F)c1. The van der Waals surface area contributed by atoms with Gasteiger partial charge >= 0.3 is 0 Å². The average molecular weight is 266 g/mol. The van der Waals surface area contributed by atoms with E-state index in [1.807, 2.05) is 4.90 Å². The van der Waals surface area contributed by atoms with Crippen LogP contribution in [0.2, 0.25) is 0 Å². The summed E-state index contributed by atoms with van der Waals surface area (Å²) in [5.41, 5.74) is 5.93. The molecule has 1 aliphatic heterocycles. The number of nitrogens with zero attached hydrogens (tertiary/aromatic N) is 1. The van der Waals surface area contributed by atoms with Crippen molar-refractivity contribution in [1.29, 1.82) is 0 Å². The number of piperidine rings is 1. The van der Waals surface area contributed by atoms with Gasteiger partial charge in [0.15, 0.2) is 5.78 Å². The number of hydrogen-bond acceptors (Lipinski definition) is 4. The average Bonchev–Trinajstić information content (AvgIpc) is 2.41. The molecule has 0 spiro atoms. The molecule has 0 unspecified atom stereocenters. The molecule has 0 aliphatic carbocycles. The van der Waals surface area contributed by atoms with Gasteiger partial charge in [-0.2, -0.15) is 0 Å². The number of methoxy groups -OCH3 is 1. The molecule has 1 fully saturated rings. The van der Waals surface area contributed by atoms with E-state index in [0.29, 0.717) is 5.75 Å². The Morgan fingerprint density at radius 3 is 2.74 bits per heavy atom. The van der Waals surface area contributed by atoms with Crippen molar-refractivity contribution in [2.45, 2.75) is 18.9 Å². The molecule has 0 atom stereocenters. The third-order valence-corrected chi connectivity index (χ3v) is 3.48. The molecule has 0 bridgehead atoms. The molecular weight excluding hydrogens is 247 g/mol. The van der Waals surface area contributed by atoms with Crippen molar-refractivity contribution < 1.29 is 13.9 Å². The molecule has 4 nitrogen and oxygen atoms in total. The number of Topliss-reactive ketones (excluding diaryl/α,β-unsaturated/α-hetero) is 1. The van der Waals surface area contributed by atoms with Crippen LogP contribution in [0, 0.1) is 5.82 Å². The first kappa shape index (κ1) is 14.0. The Morgan fingerprint density at radius 2 is 2.16 bits per heavy atom. The number of carbonyl (C=O) groups excluding carboxylic acids is 1. The number of ether oxygens (including phenoxy) is 1. The Morgan fingerprint density at radius 1 is 1.47 bits per heavy atom.